The van der Waals surface area contributed by atoms with Gasteiger partial charge in [-0.15, -0.1) is 11.3 Å². The zero-order valence-corrected chi connectivity index (χ0v) is 15.2. The molecule has 0 radical (unpaired) electrons. The molecule has 0 spiro atoms. The highest BCUT2D eigenvalue weighted by atomic mass is 32.1. The van der Waals surface area contributed by atoms with Gasteiger partial charge < -0.3 is 4.74 Å². The van der Waals surface area contributed by atoms with Crippen LogP contribution in [-0.2, 0) is 0 Å². The van der Waals surface area contributed by atoms with E-state index in [1.165, 1.54) is 5.56 Å². The number of fused-ring (bicyclic) bond motifs is 1. The zero-order valence-electron chi connectivity index (χ0n) is 14.4. The number of benzene rings is 2. The van der Waals surface area contributed by atoms with Gasteiger partial charge in [0, 0.05) is 10.9 Å². The number of ether oxygens (including phenoxy) is 1. The minimum absolute atomic E-state index is 0.607. The van der Waals surface area contributed by atoms with Gasteiger partial charge in [0.25, 0.3) is 0 Å². The minimum atomic E-state index is 0.607. The molecule has 124 valence electrons. The van der Waals surface area contributed by atoms with Crippen LogP contribution in [0.25, 0.3) is 21.3 Å². The molecule has 0 aliphatic carbocycles. The molecule has 0 aliphatic rings. The molecular weight excluding hydrogens is 328 g/mol. The maximum Gasteiger partial charge on any atom is 0.231 e. The number of rotatable bonds is 3. The number of aromatic nitrogens is 2. The standard InChI is InChI=1S/C21H18N2OS/c1-13-5-8-16(9-6-13)17-11-25-21-19(17)20(22-12-23-21)24-18-10-14(2)4-7-15(18)3/h4-12H,1-3H3. The third-order valence-corrected chi connectivity index (χ3v) is 5.13. The molecule has 2 aromatic carbocycles. The van der Waals surface area contributed by atoms with Crippen molar-refractivity contribution >= 4 is 21.6 Å². The number of hydrogen-bond donors (Lipinski definition) is 0. The molecule has 2 heterocycles. The van der Waals surface area contributed by atoms with E-state index in [9.17, 15) is 0 Å². The average molecular weight is 346 g/mol. The first-order valence-corrected chi connectivity index (χ1v) is 9.04. The number of thiophene rings is 1. The minimum Gasteiger partial charge on any atom is -0.438 e. The van der Waals surface area contributed by atoms with Gasteiger partial charge in [0.15, 0.2) is 0 Å². The molecule has 0 saturated carbocycles. The Labute approximate surface area is 151 Å². The van der Waals surface area contributed by atoms with Crippen LogP contribution >= 0.6 is 11.3 Å². The first-order chi connectivity index (χ1) is 12.1. The third-order valence-electron chi connectivity index (χ3n) is 4.25. The van der Waals surface area contributed by atoms with Crippen molar-refractivity contribution in [3.8, 4) is 22.8 Å². The van der Waals surface area contributed by atoms with Crippen LogP contribution in [0.4, 0.5) is 0 Å². The van der Waals surface area contributed by atoms with Gasteiger partial charge in [0.2, 0.25) is 5.88 Å². The van der Waals surface area contributed by atoms with Gasteiger partial charge in [0.05, 0.1) is 5.39 Å². The lowest BCUT2D eigenvalue weighted by molar-refractivity contribution is 0.464. The van der Waals surface area contributed by atoms with Gasteiger partial charge in [-0.1, -0.05) is 42.0 Å². The van der Waals surface area contributed by atoms with E-state index in [-0.39, 0.29) is 0 Å². The van der Waals surface area contributed by atoms with Gasteiger partial charge in [-0.05, 0) is 43.5 Å². The Bertz CT molecular complexity index is 1050. The Hall–Kier alpha value is -2.72. The summed E-state index contributed by atoms with van der Waals surface area (Å²) in [4.78, 5) is 9.77. The normalized spacial score (nSPS) is 11.0. The van der Waals surface area contributed by atoms with E-state index in [2.05, 4.69) is 65.6 Å². The van der Waals surface area contributed by atoms with Crippen molar-refractivity contribution in [3.63, 3.8) is 0 Å². The molecule has 2 aromatic heterocycles. The highest BCUT2D eigenvalue weighted by Crippen LogP contribution is 2.39. The lowest BCUT2D eigenvalue weighted by Crippen LogP contribution is -1.93. The molecule has 3 nitrogen and oxygen atoms in total. The molecular formula is C21H18N2OS. The van der Waals surface area contributed by atoms with Crippen molar-refractivity contribution in [1.82, 2.24) is 9.97 Å². The van der Waals surface area contributed by atoms with Crippen LogP contribution < -0.4 is 4.74 Å². The van der Waals surface area contributed by atoms with Crippen molar-refractivity contribution in [2.45, 2.75) is 20.8 Å². The molecule has 0 N–H and O–H groups in total. The Balaban J connectivity index is 1.85. The fourth-order valence-corrected chi connectivity index (χ4v) is 3.70. The maximum atomic E-state index is 6.20. The molecule has 4 heteroatoms. The molecule has 0 amide bonds. The summed E-state index contributed by atoms with van der Waals surface area (Å²) in [5, 5.41) is 3.09. The second-order valence-electron chi connectivity index (χ2n) is 6.25. The predicted molar refractivity (Wildman–Crippen MR) is 104 cm³/mol. The van der Waals surface area contributed by atoms with Crippen molar-refractivity contribution in [1.29, 1.82) is 0 Å². The van der Waals surface area contributed by atoms with Crippen LogP contribution in [0, 0.1) is 20.8 Å². The van der Waals surface area contributed by atoms with Crippen molar-refractivity contribution in [2.75, 3.05) is 0 Å². The topological polar surface area (TPSA) is 35.0 Å². The van der Waals surface area contributed by atoms with Gasteiger partial charge >= 0.3 is 0 Å². The first-order valence-electron chi connectivity index (χ1n) is 8.16. The number of hydrogen-bond acceptors (Lipinski definition) is 4. The van der Waals surface area contributed by atoms with Crippen molar-refractivity contribution in [2.24, 2.45) is 0 Å². The van der Waals surface area contributed by atoms with Gasteiger partial charge in [-0.25, -0.2) is 9.97 Å². The second kappa shape index (κ2) is 6.30. The lowest BCUT2D eigenvalue weighted by Gasteiger charge is -2.10. The predicted octanol–water partition coefficient (Wildman–Crippen LogP) is 6.08. The summed E-state index contributed by atoms with van der Waals surface area (Å²) in [6.07, 6.45) is 1.57. The van der Waals surface area contributed by atoms with E-state index in [0.29, 0.717) is 5.88 Å². The average Bonchev–Trinajstić information content (AvgIpc) is 3.04. The van der Waals surface area contributed by atoms with E-state index in [0.717, 1.165) is 38.2 Å². The van der Waals surface area contributed by atoms with Crippen LogP contribution in [0.3, 0.4) is 0 Å². The van der Waals surface area contributed by atoms with E-state index in [1.807, 2.05) is 13.0 Å². The Morgan fingerprint density at radius 2 is 1.64 bits per heavy atom. The third kappa shape index (κ3) is 3.01. The van der Waals surface area contributed by atoms with Gasteiger partial charge in [0.1, 0.15) is 16.9 Å². The fourth-order valence-electron chi connectivity index (χ4n) is 2.79. The van der Waals surface area contributed by atoms with Gasteiger partial charge in [-0.2, -0.15) is 0 Å². The fraction of sp³-hybridized carbons (Fsp3) is 0.143. The molecule has 0 fully saturated rings. The smallest absolute Gasteiger partial charge is 0.231 e. The summed E-state index contributed by atoms with van der Waals surface area (Å²) >= 11 is 1.61. The van der Waals surface area contributed by atoms with E-state index in [1.54, 1.807) is 17.7 Å². The molecule has 0 unspecified atom stereocenters. The number of nitrogens with zero attached hydrogens (tertiary/aromatic N) is 2. The van der Waals surface area contributed by atoms with Crippen LogP contribution in [0.2, 0.25) is 0 Å². The lowest BCUT2D eigenvalue weighted by atomic mass is 10.0. The zero-order chi connectivity index (χ0) is 17.4. The Kier molecular flexibility index (Phi) is 3.98. The molecule has 25 heavy (non-hydrogen) atoms. The van der Waals surface area contributed by atoms with Crippen LogP contribution in [0.1, 0.15) is 16.7 Å². The van der Waals surface area contributed by atoms with Crippen molar-refractivity contribution < 1.29 is 4.74 Å². The quantitative estimate of drug-likeness (QED) is 0.451. The van der Waals surface area contributed by atoms with Crippen LogP contribution in [0.15, 0.2) is 54.2 Å². The van der Waals surface area contributed by atoms with Crippen LogP contribution in [0.5, 0.6) is 11.6 Å². The molecule has 0 atom stereocenters. The molecule has 0 saturated heterocycles. The summed E-state index contributed by atoms with van der Waals surface area (Å²) in [6.45, 7) is 6.19. The first kappa shape index (κ1) is 15.8. The Morgan fingerprint density at radius 3 is 2.44 bits per heavy atom. The maximum absolute atomic E-state index is 6.20. The van der Waals surface area contributed by atoms with E-state index < -0.39 is 0 Å². The van der Waals surface area contributed by atoms with E-state index in [4.69, 9.17) is 4.74 Å². The largest absolute Gasteiger partial charge is 0.438 e. The summed E-state index contributed by atoms with van der Waals surface area (Å²) in [7, 11) is 0. The van der Waals surface area contributed by atoms with E-state index >= 15 is 0 Å². The highest BCUT2D eigenvalue weighted by molar-refractivity contribution is 7.17. The summed E-state index contributed by atoms with van der Waals surface area (Å²) in [6, 6.07) is 14.7. The van der Waals surface area contributed by atoms with Crippen molar-refractivity contribution in [3.05, 3.63) is 70.9 Å². The summed E-state index contributed by atoms with van der Waals surface area (Å²) in [5.74, 6) is 1.44. The van der Waals surface area contributed by atoms with Crippen LogP contribution in [-0.4, -0.2) is 9.97 Å². The van der Waals surface area contributed by atoms with Gasteiger partial charge in [-0.3, -0.25) is 0 Å². The summed E-state index contributed by atoms with van der Waals surface area (Å²) < 4.78 is 6.20. The molecule has 4 rings (SSSR count). The number of aryl methyl sites for hydroxylation is 3. The second-order valence-corrected chi connectivity index (χ2v) is 7.10. The molecule has 0 aliphatic heterocycles. The molecule has 4 aromatic rings. The monoisotopic (exact) mass is 346 g/mol. The summed E-state index contributed by atoms with van der Waals surface area (Å²) in [5.41, 5.74) is 5.75. The SMILES string of the molecule is Cc1ccc(-c2csc3ncnc(Oc4cc(C)ccc4C)c23)cc1. The molecule has 0 bridgehead atoms. The Morgan fingerprint density at radius 1 is 0.880 bits per heavy atom. The highest BCUT2D eigenvalue weighted by Gasteiger charge is 2.15.